The van der Waals surface area contributed by atoms with Crippen molar-refractivity contribution in [1.29, 1.82) is 0 Å². The third kappa shape index (κ3) is 3.00. The molecule has 0 bridgehead atoms. The van der Waals surface area contributed by atoms with Crippen molar-refractivity contribution in [2.45, 2.75) is 18.7 Å². The lowest BCUT2D eigenvalue weighted by Gasteiger charge is -2.24. The predicted octanol–water partition coefficient (Wildman–Crippen LogP) is 1.33. The van der Waals surface area contributed by atoms with Gasteiger partial charge < -0.3 is 15.0 Å². The lowest BCUT2D eigenvalue weighted by molar-refractivity contribution is -0.128. The fourth-order valence-corrected chi connectivity index (χ4v) is 3.89. The molecule has 0 aliphatic carbocycles. The summed E-state index contributed by atoms with van der Waals surface area (Å²) in [5.74, 6) is 1.52. The molecule has 1 N–H and O–H groups in total. The number of carbonyl (C=O) groups excluding carboxylic acids is 2. The standard InChI is InChI=1S/C15H18N2O3S/c1-10(18)16-5-6-17-14(19)9-21-15(17)12-2-3-13-11(8-12)4-7-20-13/h2-3,8,15H,4-7,9H2,1H3,(H,16,18). The van der Waals surface area contributed by atoms with Crippen LogP contribution in [0.4, 0.5) is 0 Å². The van der Waals surface area contributed by atoms with E-state index >= 15 is 0 Å². The van der Waals surface area contributed by atoms with Crippen molar-refractivity contribution in [3.8, 4) is 5.75 Å². The molecular formula is C15H18N2O3S. The van der Waals surface area contributed by atoms with Crippen LogP contribution in [-0.2, 0) is 16.0 Å². The molecule has 6 heteroatoms. The average molecular weight is 306 g/mol. The molecule has 0 spiro atoms. The van der Waals surface area contributed by atoms with Crippen LogP contribution in [0.2, 0.25) is 0 Å². The molecule has 0 aromatic heterocycles. The van der Waals surface area contributed by atoms with Crippen molar-refractivity contribution >= 4 is 23.6 Å². The Hall–Kier alpha value is -1.69. The number of carbonyl (C=O) groups is 2. The summed E-state index contributed by atoms with van der Waals surface area (Å²) >= 11 is 1.64. The fraction of sp³-hybridized carbons (Fsp3) is 0.467. The summed E-state index contributed by atoms with van der Waals surface area (Å²) in [6.07, 6.45) is 0.931. The molecule has 21 heavy (non-hydrogen) atoms. The molecule has 1 aromatic rings. The predicted molar refractivity (Wildman–Crippen MR) is 81.2 cm³/mol. The second-order valence-electron chi connectivity index (χ2n) is 5.20. The first kappa shape index (κ1) is 14.3. The van der Waals surface area contributed by atoms with E-state index in [9.17, 15) is 9.59 Å². The highest BCUT2D eigenvalue weighted by Crippen LogP contribution is 2.40. The number of hydrogen-bond donors (Lipinski definition) is 1. The van der Waals surface area contributed by atoms with E-state index < -0.39 is 0 Å². The molecule has 1 atom stereocenters. The second kappa shape index (κ2) is 5.97. The molecule has 112 valence electrons. The SMILES string of the molecule is CC(=O)NCCN1C(=O)CSC1c1ccc2c(c1)CCO2. The molecule has 2 amide bonds. The molecule has 3 rings (SSSR count). The lowest BCUT2D eigenvalue weighted by atomic mass is 10.1. The Morgan fingerprint density at radius 2 is 2.38 bits per heavy atom. The lowest BCUT2D eigenvalue weighted by Crippen LogP contribution is -2.36. The highest BCUT2D eigenvalue weighted by molar-refractivity contribution is 8.00. The largest absolute Gasteiger partial charge is 0.493 e. The van der Waals surface area contributed by atoms with Gasteiger partial charge in [0.1, 0.15) is 11.1 Å². The summed E-state index contributed by atoms with van der Waals surface area (Å²) < 4.78 is 5.52. The summed E-state index contributed by atoms with van der Waals surface area (Å²) in [7, 11) is 0. The summed E-state index contributed by atoms with van der Waals surface area (Å²) in [4.78, 5) is 24.8. The molecule has 1 aromatic carbocycles. The zero-order valence-electron chi connectivity index (χ0n) is 11.9. The van der Waals surface area contributed by atoms with Gasteiger partial charge in [-0.05, 0) is 23.3 Å². The molecule has 2 aliphatic heterocycles. The van der Waals surface area contributed by atoms with Gasteiger partial charge in [0, 0.05) is 26.4 Å². The second-order valence-corrected chi connectivity index (χ2v) is 6.27. The van der Waals surface area contributed by atoms with Crippen LogP contribution in [0.3, 0.4) is 0 Å². The van der Waals surface area contributed by atoms with E-state index in [0.29, 0.717) is 18.8 Å². The third-order valence-electron chi connectivity index (χ3n) is 3.69. The molecule has 2 heterocycles. The van der Waals surface area contributed by atoms with Gasteiger partial charge in [0.25, 0.3) is 0 Å². The topological polar surface area (TPSA) is 58.6 Å². The number of ether oxygens (including phenoxy) is 1. The number of amides is 2. The van der Waals surface area contributed by atoms with Gasteiger partial charge in [-0.15, -0.1) is 11.8 Å². The Bertz CT molecular complexity index is 576. The maximum atomic E-state index is 12.0. The van der Waals surface area contributed by atoms with Gasteiger partial charge in [0.05, 0.1) is 12.4 Å². The van der Waals surface area contributed by atoms with Gasteiger partial charge in [0.15, 0.2) is 0 Å². The molecule has 1 fully saturated rings. The van der Waals surface area contributed by atoms with Crippen molar-refractivity contribution in [1.82, 2.24) is 10.2 Å². The molecule has 0 radical (unpaired) electrons. The first-order valence-corrected chi connectivity index (χ1v) is 8.11. The number of nitrogens with one attached hydrogen (secondary N) is 1. The molecule has 1 unspecified atom stereocenters. The van der Waals surface area contributed by atoms with Crippen LogP contribution in [0, 0.1) is 0 Å². The quantitative estimate of drug-likeness (QED) is 0.912. The number of rotatable bonds is 4. The molecule has 2 aliphatic rings. The van der Waals surface area contributed by atoms with Gasteiger partial charge in [-0.25, -0.2) is 0 Å². The Labute approximate surface area is 128 Å². The van der Waals surface area contributed by atoms with Gasteiger partial charge in [-0.2, -0.15) is 0 Å². The van der Waals surface area contributed by atoms with Gasteiger partial charge >= 0.3 is 0 Å². The van der Waals surface area contributed by atoms with Crippen molar-refractivity contribution < 1.29 is 14.3 Å². The maximum Gasteiger partial charge on any atom is 0.233 e. The third-order valence-corrected chi connectivity index (χ3v) is 4.95. The Morgan fingerprint density at radius 3 is 3.19 bits per heavy atom. The summed E-state index contributed by atoms with van der Waals surface area (Å²) in [5, 5.41) is 2.78. The Kier molecular flexibility index (Phi) is 4.05. The smallest absolute Gasteiger partial charge is 0.233 e. The average Bonchev–Trinajstić information content (AvgIpc) is 3.05. The van der Waals surface area contributed by atoms with Crippen molar-refractivity contribution in [3.05, 3.63) is 29.3 Å². The van der Waals surface area contributed by atoms with E-state index in [0.717, 1.165) is 24.3 Å². The normalized spacial score (nSPS) is 20.3. The highest BCUT2D eigenvalue weighted by atomic mass is 32.2. The number of fused-ring (bicyclic) bond motifs is 1. The first-order valence-electron chi connectivity index (χ1n) is 7.06. The van der Waals surface area contributed by atoms with Crippen LogP contribution in [0.15, 0.2) is 18.2 Å². The molecule has 0 saturated carbocycles. The van der Waals surface area contributed by atoms with Crippen LogP contribution < -0.4 is 10.1 Å². The Balaban J connectivity index is 1.73. The van der Waals surface area contributed by atoms with E-state index in [1.54, 1.807) is 11.8 Å². The number of hydrogen-bond acceptors (Lipinski definition) is 4. The Morgan fingerprint density at radius 1 is 1.52 bits per heavy atom. The minimum absolute atomic E-state index is 0.0390. The minimum Gasteiger partial charge on any atom is -0.493 e. The number of benzene rings is 1. The number of nitrogens with zero attached hydrogens (tertiary/aromatic N) is 1. The molecule has 1 saturated heterocycles. The van der Waals surface area contributed by atoms with Crippen molar-refractivity contribution in [2.75, 3.05) is 25.4 Å². The van der Waals surface area contributed by atoms with E-state index in [4.69, 9.17) is 4.74 Å². The van der Waals surface area contributed by atoms with Crippen LogP contribution in [0.25, 0.3) is 0 Å². The van der Waals surface area contributed by atoms with Crippen LogP contribution in [0.1, 0.15) is 23.4 Å². The number of thioether (sulfide) groups is 1. The monoisotopic (exact) mass is 306 g/mol. The zero-order chi connectivity index (χ0) is 14.8. The summed E-state index contributed by atoms with van der Waals surface area (Å²) in [6, 6.07) is 6.17. The maximum absolute atomic E-state index is 12.0. The zero-order valence-corrected chi connectivity index (χ0v) is 12.7. The van der Waals surface area contributed by atoms with Crippen LogP contribution in [-0.4, -0.2) is 42.2 Å². The fourth-order valence-electron chi connectivity index (χ4n) is 2.68. The first-order chi connectivity index (χ1) is 10.1. The van der Waals surface area contributed by atoms with E-state index in [2.05, 4.69) is 11.4 Å². The van der Waals surface area contributed by atoms with E-state index in [1.165, 1.54) is 12.5 Å². The van der Waals surface area contributed by atoms with Crippen molar-refractivity contribution in [2.24, 2.45) is 0 Å². The van der Waals surface area contributed by atoms with Crippen LogP contribution >= 0.6 is 11.8 Å². The van der Waals surface area contributed by atoms with E-state index in [1.807, 2.05) is 17.0 Å². The molecule has 5 nitrogen and oxygen atoms in total. The van der Waals surface area contributed by atoms with Crippen LogP contribution in [0.5, 0.6) is 5.75 Å². The van der Waals surface area contributed by atoms with Gasteiger partial charge in [-0.3, -0.25) is 9.59 Å². The van der Waals surface area contributed by atoms with Gasteiger partial charge in [-0.1, -0.05) is 6.07 Å². The summed E-state index contributed by atoms with van der Waals surface area (Å²) in [5.41, 5.74) is 2.35. The minimum atomic E-state index is -0.0690. The van der Waals surface area contributed by atoms with Gasteiger partial charge in [0.2, 0.25) is 11.8 Å². The molecular weight excluding hydrogens is 288 g/mol. The summed E-state index contributed by atoms with van der Waals surface area (Å²) in [6.45, 7) is 3.26. The van der Waals surface area contributed by atoms with E-state index in [-0.39, 0.29) is 17.2 Å². The highest BCUT2D eigenvalue weighted by Gasteiger charge is 2.33. The van der Waals surface area contributed by atoms with Crippen molar-refractivity contribution in [3.63, 3.8) is 0 Å².